The van der Waals surface area contributed by atoms with Crippen LogP contribution in [0.1, 0.15) is 24.2 Å². The molecule has 0 unspecified atom stereocenters. The van der Waals surface area contributed by atoms with E-state index in [1.165, 1.54) is 0 Å². The summed E-state index contributed by atoms with van der Waals surface area (Å²) in [4.78, 5) is 0. The Balaban J connectivity index is 1.95. The van der Waals surface area contributed by atoms with Gasteiger partial charge in [-0.25, -0.2) is 0 Å². The lowest BCUT2D eigenvalue weighted by Gasteiger charge is -2.13. The smallest absolute Gasteiger partial charge is 0.231 e. The van der Waals surface area contributed by atoms with Crippen molar-refractivity contribution in [3.63, 3.8) is 0 Å². The van der Waals surface area contributed by atoms with Crippen LogP contribution >= 0.6 is 0 Å². The van der Waals surface area contributed by atoms with Gasteiger partial charge in [-0.15, -0.1) is 0 Å². The van der Waals surface area contributed by atoms with E-state index >= 15 is 0 Å². The van der Waals surface area contributed by atoms with Crippen LogP contribution in [0.5, 0.6) is 23.0 Å². The van der Waals surface area contributed by atoms with Crippen molar-refractivity contribution < 1.29 is 19.3 Å². The SMILES string of the molecule is C[C@@H](O)c1ccc(C#N)cc1Oc1ccc2c(c1)OCO2. The van der Waals surface area contributed by atoms with Crippen molar-refractivity contribution in [2.75, 3.05) is 6.79 Å². The zero-order valence-electron chi connectivity index (χ0n) is 11.4. The Bertz CT molecular complexity index is 719. The summed E-state index contributed by atoms with van der Waals surface area (Å²) < 4.78 is 16.3. The first-order valence-corrected chi connectivity index (χ1v) is 6.47. The predicted octanol–water partition coefficient (Wildman–Crippen LogP) is 3.13. The van der Waals surface area contributed by atoms with Crippen LogP contribution in [0.25, 0.3) is 0 Å². The summed E-state index contributed by atoms with van der Waals surface area (Å²) in [6.07, 6.45) is -0.693. The fourth-order valence-corrected chi connectivity index (χ4v) is 2.10. The van der Waals surface area contributed by atoms with Crippen LogP contribution in [0.3, 0.4) is 0 Å². The van der Waals surface area contributed by atoms with Crippen LogP contribution in [0, 0.1) is 11.3 Å². The zero-order chi connectivity index (χ0) is 14.8. The summed E-state index contributed by atoms with van der Waals surface area (Å²) in [5, 5.41) is 18.8. The Morgan fingerprint density at radius 2 is 2.00 bits per heavy atom. The van der Waals surface area contributed by atoms with Crippen LogP contribution < -0.4 is 14.2 Å². The van der Waals surface area contributed by atoms with Crippen LogP contribution in [-0.4, -0.2) is 11.9 Å². The number of aliphatic hydroxyl groups is 1. The Morgan fingerprint density at radius 3 is 2.76 bits per heavy atom. The van der Waals surface area contributed by atoms with E-state index < -0.39 is 6.10 Å². The maximum Gasteiger partial charge on any atom is 0.231 e. The van der Waals surface area contributed by atoms with E-state index in [9.17, 15) is 5.11 Å². The van der Waals surface area contributed by atoms with Gasteiger partial charge in [0, 0.05) is 11.6 Å². The zero-order valence-corrected chi connectivity index (χ0v) is 11.4. The molecule has 1 aliphatic rings. The monoisotopic (exact) mass is 283 g/mol. The number of benzene rings is 2. The lowest BCUT2D eigenvalue weighted by atomic mass is 10.1. The second-order valence-corrected chi connectivity index (χ2v) is 4.66. The predicted molar refractivity (Wildman–Crippen MR) is 74.4 cm³/mol. The lowest BCUT2D eigenvalue weighted by Crippen LogP contribution is -1.97. The summed E-state index contributed by atoms with van der Waals surface area (Å²) >= 11 is 0. The van der Waals surface area contributed by atoms with Gasteiger partial charge in [0.25, 0.3) is 0 Å². The van der Waals surface area contributed by atoms with Gasteiger partial charge in [-0.3, -0.25) is 0 Å². The number of hydrogen-bond acceptors (Lipinski definition) is 5. The number of hydrogen-bond donors (Lipinski definition) is 1. The third-order valence-electron chi connectivity index (χ3n) is 3.16. The summed E-state index contributed by atoms with van der Waals surface area (Å²) in [5.41, 5.74) is 1.09. The Hall–Kier alpha value is -2.71. The third-order valence-corrected chi connectivity index (χ3v) is 3.16. The molecular weight excluding hydrogens is 270 g/mol. The molecule has 0 saturated heterocycles. The quantitative estimate of drug-likeness (QED) is 0.937. The summed E-state index contributed by atoms with van der Waals surface area (Å²) in [6.45, 7) is 1.84. The topological polar surface area (TPSA) is 71.7 Å². The van der Waals surface area contributed by atoms with E-state index in [2.05, 4.69) is 6.07 Å². The van der Waals surface area contributed by atoms with E-state index in [1.54, 1.807) is 43.3 Å². The molecule has 5 nitrogen and oxygen atoms in total. The van der Waals surface area contributed by atoms with Crippen molar-refractivity contribution in [2.24, 2.45) is 0 Å². The number of fused-ring (bicyclic) bond motifs is 1. The molecule has 106 valence electrons. The highest BCUT2D eigenvalue weighted by molar-refractivity contribution is 5.50. The summed E-state index contributed by atoms with van der Waals surface area (Å²) in [5.74, 6) is 2.28. The summed E-state index contributed by atoms with van der Waals surface area (Å²) in [7, 11) is 0. The number of ether oxygens (including phenoxy) is 3. The van der Waals surface area contributed by atoms with Crippen LogP contribution in [0.2, 0.25) is 0 Å². The molecule has 0 radical (unpaired) electrons. The highest BCUT2D eigenvalue weighted by atomic mass is 16.7. The van der Waals surface area contributed by atoms with Crippen molar-refractivity contribution >= 4 is 0 Å². The summed E-state index contributed by atoms with van der Waals surface area (Å²) in [6, 6.07) is 12.2. The normalized spacial score (nSPS) is 13.6. The standard InChI is InChI=1S/C16H13NO4/c1-10(18)13-4-2-11(8-17)6-15(13)21-12-3-5-14-16(7-12)20-9-19-14/h2-7,10,18H,9H2,1H3/t10-/m1/s1. The van der Waals surface area contributed by atoms with Crippen molar-refractivity contribution in [2.45, 2.75) is 13.0 Å². The second-order valence-electron chi connectivity index (χ2n) is 4.66. The van der Waals surface area contributed by atoms with Gasteiger partial charge >= 0.3 is 0 Å². The molecule has 2 aromatic carbocycles. The van der Waals surface area contributed by atoms with Gasteiger partial charge in [0.15, 0.2) is 11.5 Å². The van der Waals surface area contributed by atoms with Gasteiger partial charge in [0.1, 0.15) is 11.5 Å². The molecule has 1 heterocycles. The molecule has 2 aromatic rings. The Kier molecular flexibility index (Phi) is 3.38. The first-order valence-electron chi connectivity index (χ1n) is 6.47. The Labute approximate surface area is 121 Å². The van der Waals surface area contributed by atoms with Crippen LogP contribution in [0.15, 0.2) is 36.4 Å². The molecule has 21 heavy (non-hydrogen) atoms. The highest BCUT2D eigenvalue weighted by Gasteiger charge is 2.16. The average Bonchev–Trinajstić information content (AvgIpc) is 2.94. The molecule has 1 atom stereocenters. The molecule has 0 aromatic heterocycles. The van der Waals surface area contributed by atoms with Crippen molar-refractivity contribution in [3.8, 4) is 29.1 Å². The number of nitrogens with zero attached hydrogens (tertiary/aromatic N) is 1. The van der Waals surface area contributed by atoms with Crippen molar-refractivity contribution in [3.05, 3.63) is 47.5 Å². The molecule has 0 spiro atoms. The Morgan fingerprint density at radius 1 is 1.19 bits per heavy atom. The van der Waals surface area contributed by atoms with Gasteiger partial charge in [-0.2, -0.15) is 5.26 Å². The highest BCUT2D eigenvalue weighted by Crippen LogP contribution is 2.38. The number of aliphatic hydroxyl groups excluding tert-OH is 1. The molecule has 5 heteroatoms. The van der Waals surface area contributed by atoms with Gasteiger partial charge in [-0.05, 0) is 31.2 Å². The minimum Gasteiger partial charge on any atom is -0.457 e. The molecule has 0 bridgehead atoms. The minimum atomic E-state index is -0.693. The lowest BCUT2D eigenvalue weighted by molar-refractivity contribution is 0.174. The first-order chi connectivity index (χ1) is 10.2. The van der Waals surface area contributed by atoms with E-state index in [-0.39, 0.29) is 6.79 Å². The number of nitriles is 1. The number of rotatable bonds is 3. The molecule has 3 rings (SSSR count). The van der Waals surface area contributed by atoms with E-state index in [0.29, 0.717) is 34.1 Å². The van der Waals surface area contributed by atoms with Gasteiger partial charge in [0.05, 0.1) is 17.7 Å². The van der Waals surface area contributed by atoms with E-state index in [4.69, 9.17) is 19.5 Å². The van der Waals surface area contributed by atoms with Crippen LogP contribution in [-0.2, 0) is 0 Å². The van der Waals surface area contributed by atoms with Crippen molar-refractivity contribution in [1.29, 1.82) is 5.26 Å². The molecule has 0 amide bonds. The third kappa shape index (κ3) is 2.62. The minimum absolute atomic E-state index is 0.196. The largest absolute Gasteiger partial charge is 0.457 e. The maximum atomic E-state index is 9.79. The van der Waals surface area contributed by atoms with Crippen LogP contribution in [0.4, 0.5) is 0 Å². The van der Waals surface area contributed by atoms with Gasteiger partial charge in [-0.1, -0.05) is 6.07 Å². The van der Waals surface area contributed by atoms with Gasteiger partial charge in [0.2, 0.25) is 6.79 Å². The molecule has 1 N–H and O–H groups in total. The molecule has 0 aliphatic carbocycles. The maximum absolute atomic E-state index is 9.79. The molecule has 0 saturated carbocycles. The van der Waals surface area contributed by atoms with E-state index in [0.717, 1.165) is 0 Å². The molecule has 1 aliphatic heterocycles. The average molecular weight is 283 g/mol. The van der Waals surface area contributed by atoms with Crippen molar-refractivity contribution in [1.82, 2.24) is 0 Å². The first kappa shape index (κ1) is 13.3. The molecule has 0 fully saturated rings. The fourth-order valence-electron chi connectivity index (χ4n) is 2.10. The molecular formula is C16H13NO4. The van der Waals surface area contributed by atoms with Gasteiger partial charge < -0.3 is 19.3 Å². The second kappa shape index (κ2) is 5.35. The fraction of sp³-hybridized carbons (Fsp3) is 0.188. The van der Waals surface area contributed by atoms with E-state index in [1.807, 2.05) is 0 Å².